The maximum absolute atomic E-state index is 6.00. The van der Waals surface area contributed by atoms with E-state index >= 15 is 0 Å². The van der Waals surface area contributed by atoms with E-state index in [1.54, 1.807) is 0 Å². The van der Waals surface area contributed by atoms with Crippen LogP contribution in [-0.4, -0.2) is 5.88 Å². The third kappa shape index (κ3) is 1.95. The molecule has 0 N–H and O–H groups in total. The first kappa shape index (κ1) is 11.2. The van der Waals surface area contributed by atoms with Crippen LogP contribution in [0.1, 0.15) is 0 Å². The summed E-state index contributed by atoms with van der Waals surface area (Å²) in [5.74, 6) is 0.466. The van der Waals surface area contributed by atoms with Crippen molar-refractivity contribution in [2.45, 2.75) is 0 Å². The topological polar surface area (TPSA) is 17.3 Å². The van der Waals surface area contributed by atoms with Gasteiger partial charge in [-0.3, -0.25) is 0 Å². The van der Waals surface area contributed by atoms with Crippen molar-refractivity contribution in [3.8, 4) is 0 Å². The lowest BCUT2D eigenvalue weighted by atomic mass is 10.1. The molecule has 0 bridgehead atoms. The first-order valence-electron chi connectivity index (χ1n) is 5.80. The van der Waals surface area contributed by atoms with Crippen LogP contribution in [0.5, 0.6) is 0 Å². The van der Waals surface area contributed by atoms with Crippen molar-refractivity contribution in [2.75, 3.05) is 10.9 Å². The Bertz CT molecular complexity index is 553. The van der Waals surface area contributed by atoms with Crippen molar-refractivity contribution >= 4 is 17.3 Å². The third-order valence-corrected chi connectivity index (χ3v) is 3.18. The summed E-state index contributed by atoms with van der Waals surface area (Å²) in [4.78, 5) is 0. The number of halogens is 1. The number of nitrogens with zero attached hydrogens (tertiary/aromatic N) is 2. The average molecular weight is 256 g/mol. The Hall–Kier alpha value is -1.93. The maximum Gasteiger partial charge on any atom is 0.0476 e. The fourth-order valence-corrected chi connectivity index (χ4v) is 2.19. The lowest BCUT2D eigenvalue weighted by Crippen LogP contribution is -2.04. The molecule has 1 aromatic carbocycles. The van der Waals surface area contributed by atoms with Gasteiger partial charge in [0, 0.05) is 11.6 Å². The molecular weight excluding hydrogens is 244 g/mol. The summed E-state index contributed by atoms with van der Waals surface area (Å²) in [5, 5.41) is 1.88. The van der Waals surface area contributed by atoms with Crippen molar-refractivity contribution in [1.82, 2.24) is 0 Å². The van der Waals surface area contributed by atoms with E-state index in [9.17, 15) is 0 Å². The molecule has 2 aliphatic rings. The quantitative estimate of drug-likeness (QED) is 0.721. The van der Waals surface area contributed by atoms with Crippen molar-refractivity contribution in [3.63, 3.8) is 0 Å². The van der Waals surface area contributed by atoms with E-state index < -0.39 is 0 Å². The van der Waals surface area contributed by atoms with Gasteiger partial charge in [-0.15, -0.1) is 17.3 Å². The van der Waals surface area contributed by atoms with Gasteiger partial charge in [-0.1, -0.05) is 42.5 Å². The van der Waals surface area contributed by atoms with Crippen LogP contribution in [0.25, 0.3) is 5.43 Å². The number of allylic oxidation sites excluding steroid dienone is 6. The molecule has 2 nitrogen and oxygen atoms in total. The van der Waals surface area contributed by atoms with Crippen molar-refractivity contribution in [1.29, 1.82) is 0 Å². The highest BCUT2D eigenvalue weighted by Gasteiger charge is 2.10. The Morgan fingerprint density at radius 3 is 2.44 bits per heavy atom. The van der Waals surface area contributed by atoms with Crippen molar-refractivity contribution in [2.24, 2.45) is 0 Å². The van der Waals surface area contributed by atoms with Crippen LogP contribution in [0, 0.1) is 0 Å². The van der Waals surface area contributed by atoms with Gasteiger partial charge in [0.1, 0.15) is 0 Å². The summed E-state index contributed by atoms with van der Waals surface area (Å²) in [6.45, 7) is 0. The molecule has 0 atom stereocenters. The van der Waals surface area contributed by atoms with Crippen LogP contribution < -0.4 is 5.01 Å². The summed E-state index contributed by atoms with van der Waals surface area (Å²) in [6, 6.07) is 10.0. The second-order valence-electron chi connectivity index (χ2n) is 4.09. The molecular formula is C15H12ClN2-. The van der Waals surface area contributed by atoms with Crippen LogP contribution >= 0.6 is 11.6 Å². The first-order valence-corrected chi connectivity index (χ1v) is 6.34. The second kappa shape index (κ2) is 4.75. The maximum atomic E-state index is 6.00. The van der Waals surface area contributed by atoms with E-state index in [0.717, 1.165) is 22.5 Å². The van der Waals surface area contributed by atoms with E-state index in [2.05, 4.69) is 5.43 Å². The minimum atomic E-state index is 0.466. The van der Waals surface area contributed by atoms with E-state index in [0.29, 0.717) is 5.88 Å². The van der Waals surface area contributed by atoms with Gasteiger partial charge >= 0.3 is 0 Å². The predicted molar refractivity (Wildman–Crippen MR) is 76.4 cm³/mol. The molecule has 90 valence electrons. The molecule has 3 rings (SSSR count). The predicted octanol–water partition coefficient (Wildman–Crippen LogP) is 4.30. The van der Waals surface area contributed by atoms with Crippen LogP contribution in [0.3, 0.4) is 0 Å². The minimum Gasteiger partial charge on any atom is -0.590 e. The first-order chi connectivity index (χ1) is 8.88. The highest BCUT2D eigenvalue weighted by atomic mass is 35.5. The minimum absolute atomic E-state index is 0.466. The Morgan fingerprint density at radius 1 is 1.06 bits per heavy atom. The molecule has 1 aliphatic heterocycles. The largest absolute Gasteiger partial charge is 0.590 e. The van der Waals surface area contributed by atoms with Crippen LogP contribution in [0.15, 0.2) is 77.7 Å². The van der Waals surface area contributed by atoms with Gasteiger partial charge in [-0.05, 0) is 29.5 Å². The number of alkyl halides is 1. The smallest absolute Gasteiger partial charge is 0.0476 e. The number of hydrogen-bond donors (Lipinski definition) is 0. The van der Waals surface area contributed by atoms with Gasteiger partial charge in [0.25, 0.3) is 0 Å². The SMILES string of the molecule is ClCC1=CN(c2ccccc2)[N-]C1=C1C=CC=C1. The number of anilines is 1. The third-order valence-electron chi connectivity index (χ3n) is 2.89. The molecule has 0 radical (unpaired) electrons. The fraction of sp³-hybridized carbons (Fsp3) is 0.0667. The van der Waals surface area contributed by atoms with Gasteiger partial charge in [-0.25, -0.2) is 0 Å². The molecule has 0 fully saturated rings. The number of hydrogen-bond acceptors (Lipinski definition) is 1. The molecule has 18 heavy (non-hydrogen) atoms. The van der Waals surface area contributed by atoms with Crippen molar-refractivity contribution in [3.05, 3.63) is 83.1 Å². The van der Waals surface area contributed by atoms with Gasteiger partial charge in [0.05, 0.1) is 0 Å². The normalized spacial score (nSPS) is 17.4. The lowest BCUT2D eigenvalue weighted by Gasteiger charge is -2.33. The molecule has 1 heterocycles. The Kier molecular flexibility index (Phi) is 2.95. The highest BCUT2D eigenvalue weighted by Crippen LogP contribution is 2.36. The zero-order valence-corrected chi connectivity index (χ0v) is 10.5. The summed E-state index contributed by atoms with van der Waals surface area (Å²) < 4.78 is 0. The summed E-state index contributed by atoms with van der Waals surface area (Å²) in [5.41, 5.74) is 8.79. The van der Waals surface area contributed by atoms with Gasteiger partial charge in [-0.2, -0.15) is 0 Å². The van der Waals surface area contributed by atoms with Crippen LogP contribution in [-0.2, 0) is 0 Å². The monoisotopic (exact) mass is 255 g/mol. The molecule has 0 amide bonds. The Labute approximate surface area is 112 Å². The zero-order valence-electron chi connectivity index (χ0n) is 9.75. The van der Waals surface area contributed by atoms with Gasteiger partial charge < -0.3 is 10.4 Å². The molecule has 1 aliphatic carbocycles. The second-order valence-corrected chi connectivity index (χ2v) is 4.36. The van der Waals surface area contributed by atoms with Crippen molar-refractivity contribution < 1.29 is 0 Å². The van der Waals surface area contributed by atoms with Crippen LogP contribution in [0.4, 0.5) is 5.69 Å². The van der Waals surface area contributed by atoms with Gasteiger partial charge in [0.2, 0.25) is 0 Å². The summed E-state index contributed by atoms with van der Waals surface area (Å²) in [6.07, 6.45) is 10.1. The van der Waals surface area contributed by atoms with E-state index in [1.807, 2.05) is 65.8 Å². The summed E-state index contributed by atoms with van der Waals surface area (Å²) in [7, 11) is 0. The van der Waals surface area contributed by atoms with E-state index in [1.165, 1.54) is 0 Å². The fourth-order valence-electron chi connectivity index (χ4n) is 2.00. The molecule has 0 unspecified atom stereocenters. The number of para-hydroxylation sites is 1. The molecule has 0 saturated heterocycles. The molecule has 1 aromatic rings. The van der Waals surface area contributed by atoms with E-state index in [-0.39, 0.29) is 0 Å². The molecule has 0 saturated carbocycles. The highest BCUT2D eigenvalue weighted by molar-refractivity contribution is 6.20. The van der Waals surface area contributed by atoms with Crippen LogP contribution in [0.2, 0.25) is 0 Å². The molecule has 0 spiro atoms. The molecule has 0 aromatic heterocycles. The van der Waals surface area contributed by atoms with Gasteiger partial charge in [0.15, 0.2) is 0 Å². The zero-order chi connectivity index (χ0) is 12.4. The summed E-state index contributed by atoms with van der Waals surface area (Å²) >= 11 is 6.00. The number of benzene rings is 1. The lowest BCUT2D eigenvalue weighted by molar-refractivity contribution is 1.25. The van der Waals surface area contributed by atoms with E-state index in [4.69, 9.17) is 11.6 Å². The molecule has 3 heteroatoms. The standard InChI is InChI=1S/C15H12ClN2/c16-10-13-11-18(14-8-2-1-3-9-14)17-15(13)12-6-4-5-7-12/h1-9,11H,10H2/q-1. The Morgan fingerprint density at radius 2 is 1.78 bits per heavy atom. The Balaban J connectivity index is 1.95. The number of rotatable bonds is 2. The average Bonchev–Trinajstić information content (AvgIpc) is 3.08.